The van der Waals surface area contributed by atoms with Gasteiger partial charge in [0.15, 0.2) is 9.84 Å². The van der Waals surface area contributed by atoms with Crippen molar-refractivity contribution in [2.24, 2.45) is 0 Å². The maximum absolute atomic E-state index is 13.3. The van der Waals surface area contributed by atoms with E-state index in [2.05, 4.69) is 10.3 Å². The zero-order valence-electron chi connectivity index (χ0n) is 17.9. The number of hydrogen-bond acceptors (Lipinski definition) is 5. The van der Waals surface area contributed by atoms with Crippen molar-refractivity contribution in [3.05, 3.63) is 52.7 Å². The molecule has 2 fully saturated rings. The normalized spacial score (nSPS) is 23.8. The van der Waals surface area contributed by atoms with Crippen LogP contribution in [0, 0.1) is 0 Å². The second-order valence-corrected chi connectivity index (χ2v) is 11.3. The standard InChI is InChI=1S/C23H24F3N3O3S/c24-23(25,26)16-2-1-3-17(12-16)28-21-20-15-6-4-14(5-7-15)19(20)18(13-27-21)22(30)29-8-10-33(31,32)11-9-29/h1-3,12-15H,4-11H2,(H,27,28). The van der Waals surface area contributed by atoms with Crippen molar-refractivity contribution in [1.29, 1.82) is 0 Å². The largest absolute Gasteiger partial charge is 0.416 e. The van der Waals surface area contributed by atoms with Gasteiger partial charge in [0.05, 0.1) is 22.6 Å². The van der Waals surface area contributed by atoms with Crippen LogP contribution < -0.4 is 5.32 Å². The van der Waals surface area contributed by atoms with Crippen LogP contribution in [0.5, 0.6) is 0 Å². The Morgan fingerprint density at radius 1 is 1.03 bits per heavy atom. The lowest BCUT2D eigenvalue weighted by molar-refractivity contribution is -0.137. The minimum Gasteiger partial charge on any atom is -0.340 e. The topological polar surface area (TPSA) is 79.4 Å². The number of aromatic nitrogens is 1. The average molecular weight is 480 g/mol. The highest BCUT2D eigenvalue weighted by molar-refractivity contribution is 7.91. The fourth-order valence-electron chi connectivity index (χ4n) is 5.33. The molecule has 0 unspecified atom stereocenters. The Balaban J connectivity index is 1.51. The van der Waals surface area contributed by atoms with Crippen LogP contribution in [0.25, 0.3) is 0 Å². The van der Waals surface area contributed by atoms with Crippen LogP contribution in [0.15, 0.2) is 30.5 Å². The van der Waals surface area contributed by atoms with Gasteiger partial charge in [-0.3, -0.25) is 4.79 Å². The van der Waals surface area contributed by atoms with E-state index in [-0.39, 0.29) is 42.3 Å². The van der Waals surface area contributed by atoms with Crippen LogP contribution >= 0.6 is 0 Å². The summed E-state index contributed by atoms with van der Waals surface area (Å²) in [5, 5.41) is 3.07. The van der Waals surface area contributed by atoms with Gasteiger partial charge in [0.1, 0.15) is 5.82 Å². The van der Waals surface area contributed by atoms with E-state index >= 15 is 0 Å². The van der Waals surface area contributed by atoms with Crippen molar-refractivity contribution < 1.29 is 26.4 Å². The Hall–Kier alpha value is -2.62. The molecule has 4 aliphatic rings. The van der Waals surface area contributed by atoms with E-state index in [1.165, 1.54) is 12.3 Å². The number of hydrogen-bond donors (Lipinski definition) is 1. The lowest BCUT2D eigenvalue weighted by Crippen LogP contribution is -2.44. The maximum atomic E-state index is 13.3. The number of amides is 1. The van der Waals surface area contributed by atoms with Crippen LogP contribution in [-0.4, -0.2) is 48.8 Å². The minimum absolute atomic E-state index is 0.0460. The number of fused-ring (bicyclic) bond motifs is 2. The van der Waals surface area contributed by atoms with Crippen molar-refractivity contribution in [1.82, 2.24) is 9.88 Å². The molecular weight excluding hydrogens is 455 g/mol. The Morgan fingerprint density at radius 3 is 2.30 bits per heavy atom. The molecule has 6 nitrogen and oxygen atoms in total. The number of halogens is 3. The summed E-state index contributed by atoms with van der Waals surface area (Å²) in [5.74, 6) is 0.580. The van der Waals surface area contributed by atoms with E-state index < -0.39 is 21.6 Å². The molecule has 2 heterocycles. The summed E-state index contributed by atoms with van der Waals surface area (Å²) >= 11 is 0. The number of anilines is 2. The summed E-state index contributed by atoms with van der Waals surface area (Å²) in [6.07, 6.45) is 0.883. The molecule has 2 aromatic rings. The molecule has 33 heavy (non-hydrogen) atoms. The summed E-state index contributed by atoms with van der Waals surface area (Å²) in [4.78, 5) is 19.4. The predicted octanol–water partition coefficient (Wildman–Crippen LogP) is 4.47. The van der Waals surface area contributed by atoms with Gasteiger partial charge in [-0.2, -0.15) is 13.2 Å². The predicted molar refractivity (Wildman–Crippen MR) is 117 cm³/mol. The van der Waals surface area contributed by atoms with Gasteiger partial charge >= 0.3 is 6.18 Å². The molecule has 176 valence electrons. The smallest absolute Gasteiger partial charge is 0.340 e. The maximum Gasteiger partial charge on any atom is 0.416 e. The molecule has 1 aliphatic heterocycles. The van der Waals surface area contributed by atoms with Crippen LogP contribution in [0.3, 0.4) is 0 Å². The van der Waals surface area contributed by atoms with Crippen molar-refractivity contribution in [2.45, 2.75) is 43.7 Å². The Kier molecular flexibility index (Phi) is 5.38. The Morgan fingerprint density at radius 2 is 1.67 bits per heavy atom. The second kappa shape index (κ2) is 8.00. The van der Waals surface area contributed by atoms with E-state index in [9.17, 15) is 26.4 Å². The molecule has 1 aromatic heterocycles. The highest BCUT2D eigenvalue weighted by Gasteiger charge is 2.39. The third-order valence-electron chi connectivity index (χ3n) is 7.02. The highest BCUT2D eigenvalue weighted by Crippen LogP contribution is 2.53. The molecule has 2 bridgehead atoms. The van der Waals surface area contributed by atoms with Gasteiger partial charge in [0.2, 0.25) is 0 Å². The van der Waals surface area contributed by atoms with Crippen molar-refractivity contribution in [3.63, 3.8) is 0 Å². The van der Waals surface area contributed by atoms with Gasteiger partial charge in [-0.05, 0) is 61.3 Å². The summed E-state index contributed by atoms with van der Waals surface area (Å²) in [6, 6.07) is 5.00. The second-order valence-electron chi connectivity index (χ2n) is 9.04. The van der Waals surface area contributed by atoms with Crippen LogP contribution in [0.2, 0.25) is 0 Å². The summed E-state index contributed by atoms with van der Waals surface area (Å²) in [5.41, 5.74) is 1.90. The number of nitrogens with zero attached hydrogens (tertiary/aromatic N) is 2. The molecule has 1 saturated heterocycles. The SMILES string of the molecule is O=C(c1cnc(Nc2cccc(C(F)(F)F)c2)c2c1C1CCC2CC1)N1CCS(=O)(=O)CC1. The quantitative estimate of drug-likeness (QED) is 0.703. The van der Waals surface area contributed by atoms with E-state index in [1.807, 2.05) is 0 Å². The monoisotopic (exact) mass is 479 g/mol. The van der Waals surface area contributed by atoms with E-state index in [1.54, 1.807) is 11.0 Å². The molecule has 1 amide bonds. The first-order valence-corrected chi connectivity index (χ1v) is 12.9. The highest BCUT2D eigenvalue weighted by atomic mass is 32.2. The molecule has 0 atom stereocenters. The van der Waals surface area contributed by atoms with Gasteiger partial charge < -0.3 is 10.2 Å². The number of alkyl halides is 3. The van der Waals surface area contributed by atoms with Crippen molar-refractivity contribution in [2.75, 3.05) is 29.9 Å². The minimum atomic E-state index is -4.44. The van der Waals surface area contributed by atoms with E-state index in [0.717, 1.165) is 48.9 Å². The molecule has 6 rings (SSSR count). The lowest BCUT2D eigenvalue weighted by atomic mass is 9.66. The number of pyridine rings is 1. The molecule has 1 N–H and O–H groups in total. The number of carbonyl (C=O) groups is 1. The van der Waals surface area contributed by atoms with E-state index in [0.29, 0.717) is 17.1 Å². The third kappa shape index (κ3) is 4.20. The molecule has 1 saturated carbocycles. The zero-order valence-corrected chi connectivity index (χ0v) is 18.7. The summed E-state index contributed by atoms with van der Waals surface area (Å²) < 4.78 is 63.0. The lowest BCUT2D eigenvalue weighted by Gasteiger charge is -2.40. The average Bonchev–Trinajstić information content (AvgIpc) is 2.79. The third-order valence-corrected chi connectivity index (χ3v) is 8.63. The van der Waals surface area contributed by atoms with Gasteiger partial charge in [-0.1, -0.05) is 6.07 Å². The van der Waals surface area contributed by atoms with Gasteiger partial charge in [-0.15, -0.1) is 0 Å². The Bertz CT molecular complexity index is 1190. The number of benzene rings is 1. The molecule has 0 spiro atoms. The number of carbonyl (C=O) groups excluding carboxylic acids is 1. The zero-order chi connectivity index (χ0) is 23.4. The first-order chi connectivity index (χ1) is 15.6. The van der Waals surface area contributed by atoms with E-state index in [4.69, 9.17) is 0 Å². The van der Waals surface area contributed by atoms with Gasteiger partial charge in [0.25, 0.3) is 5.91 Å². The number of rotatable bonds is 3. The fourth-order valence-corrected chi connectivity index (χ4v) is 6.53. The molecule has 0 radical (unpaired) electrons. The fraction of sp³-hybridized carbons (Fsp3) is 0.478. The molecule has 10 heteroatoms. The number of nitrogens with one attached hydrogen (secondary N) is 1. The first-order valence-electron chi connectivity index (χ1n) is 11.1. The van der Waals surface area contributed by atoms with Gasteiger partial charge in [-0.25, -0.2) is 13.4 Å². The van der Waals surface area contributed by atoms with Crippen molar-refractivity contribution in [3.8, 4) is 0 Å². The Labute approximate surface area is 190 Å². The van der Waals surface area contributed by atoms with Crippen LogP contribution in [0.1, 0.15) is 64.6 Å². The molecule has 1 aromatic carbocycles. The van der Waals surface area contributed by atoms with Gasteiger partial charge in [0, 0.05) is 30.5 Å². The number of sulfone groups is 1. The summed E-state index contributed by atoms with van der Waals surface area (Å²) in [6.45, 7) is 0.322. The van der Waals surface area contributed by atoms with Crippen LogP contribution in [-0.2, 0) is 16.0 Å². The van der Waals surface area contributed by atoms with Crippen LogP contribution in [0.4, 0.5) is 24.7 Å². The van der Waals surface area contributed by atoms with Crippen molar-refractivity contribution >= 4 is 27.2 Å². The molecular formula is C23H24F3N3O3S. The molecule has 3 aliphatic carbocycles. The summed E-state index contributed by atoms with van der Waals surface area (Å²) in [7, 11) is -3.11. The first kappa shape index (κ1) is 22.2.